The first kappa shape index (κ1) is 24.5. The lowest BCUT2D eigenvalue weighted by atomic mass is 10.0. The van der Waals surface area contributed by atoms with Crippen molar-refractivity contribution >= 4 is 22.6 Å². The highest BCUT2D eigenvalue weighted by molar-refractivity contribution is 5.81. The lowest BCUT2D eigenvalue weighted by molar-refractivity contribution is -0.133. The van der Waals surface area contributed by atoms with Crippen LogP contribution >= 0.6 is 0 Å². The first-order chi connectivity index (χ1) is 17.5. The van der Waals surface area contributed by atoms with Crippen LogP contribution in [0.5, 0.6) is 0 Å². The molecule has 0 N–H and O–H groups in total. The van der Waals surface area contributed by atoms with Gasteiger partial charge in [0.1, 0.15) is 11.4 Å². The van der Waals surface area contributed by atoms with E-state index in [4.69, 9.17) is 4.42 Å². The maximum Gasteiger partial charge on any atom is 0.336 e. The van der Waals surface area contributed by atoms with E-state index in [9.17, 15) is 14.0 Å². The van der Waals surface area contributed by atoms with Crippen LogP contribution in [0.2, 0.25) is 0 Å². The van der Waals surface area contributed by atoms with Crippen molar-refractivity contribution in [3.05, 3.63) is 75.9 Å². The summed E-state index contributed by atoms with van der Waals surface area (Å²) in [5.74, 6) is -0.0827. The van der Waals surface area contributed by atoms with Gasteiger partial charge in [-0.2, -0.15) is 0 Å². The molecule has 0 atom stereocenters. The van der Waals surface area contributed by atoms with Gasteiger partial charge in [0, 0.05) is 70.4 Å². The number of amides is 1. The maximum atomic E-state index is 14.1. The van der Waals surface area contributed by atoms with Crippen LogP contribution in [0.4, 0.5) is 10.1 Å². The number of carbonyl (C=O) groups is 1. The number of rotatable bonds is 6. The van der Waals surface area contributed by atoms with Crippen LogP contribution in [0.3, 0.4) is 0 Å². The van der Waals surface area contributed by atoms with Gasteiger partial charge >= 0.3 is 5.63 Å². The fourth-order valence-electron chi connectivity index (χ4n) is 5.17. The third-order valence-electron chi connectivity index (χ3n) is 7.34. The average molecular weight is 493 g/mol. The zero-order chi connectivity index (χ0) is 25.1. The second-order valence-electron chi connectivity index (χ2n) is 9.65. The number of anilines is 1. The number of nitrogens with zero attached hydrogens (tertiary/aromatic N) is 4. The van der Waals surface area contributed by atoms with Crippen molar-refractivity contribution in [3.63, 3.8) is 0 Å². The number of piperazine rings is 2. The van der Waals surface area contributed by atoms with Gasteiger partial charge in [0.05, 0.1) is 12.2 Å². The summed E-state index contributed by atoms with van der Waals surface area (Å²) in [6, 6.07) is 14.4. The molecule has 2 aliphatic heterocycles. The molecule has 0 unspecified atom stereocenters. The zero-order valence-corrected chi connectivity index (χ0v) is 20.8. The zero-order valence-electron chi connectivity index (χ0n) is 20.8. The second-order valence-corrected chi connectivity index (χ2v) is 9.65. The Hall–Kier alpha value is -3.23. The SMILES string of the molecule is CCc1ccc2oc(=O)cc(CN3CCN(CC(=O)N4CCN(c5ccccc5F)CC4)CC3)c2c1. The minimum absolute atomic E-state index is 0.135. The molecule has 3 heterocycles. The van der Waals surface area contributed by atoms with E-state index in [-0.39, 0.29) is 17.3 Å². The van der Waals surface area contributed by atoms with Crippen LogP contribution in [0, 0.1) is 5.82 Å². The highest BCUT2D eigenvalue weighted by Crippen LogP contribution is 2.22. The first-order valence-electron chi connectivity index (χ1n) is 12.8. The molecule has 0 saturated carbocycles. The Morgan fingerprint density at radius 2 is 1.64 bits per heavy atom. The molecule has 3 aromatic rings. The molecule has 0 spiro atoms. The fraction of sp³-hybridized carbons (Fsp3) is 0.429. The van der Waals surface area contributed by atoms with Gasteiger partial charge in [-0.1, -0.05) is 25.1 Å². The number of fused-ring (bicyclic) bond motifs is 1. The molecule has 2 fully saturated rings. The van der Waals surface area contributed by atoms with Crippen LogP contribution in [-0.2, 0) is 17.8 Å². The van der Waals surface area contributed by atoms with Crippen molar-refractivity contribution in [1.29, 1.82) is 0 Å². The first-order valence-corrected chi connectivity index (χ1v) is 12.8. The molecule has 190 valence electrons. The number of hydrogen-bond donors (Lipinski definition) is 0. The Balaban J connectivity index is 1.12. The maximum absolute atomic E-state index is 14.1. The summed E-state index contributed by atoms with van der Waals surface area (Å²) >= 11 is 0. The van der Waals surface area contributed by atoms with Gasteiger partial charge < -0.3 is 14.2 Å². The molecular weight excluding hydrogens is 459 g/mol. The summed E-state index contributed by atoms with van der Waals surface area (Å²) < 4.78 is 19.5. The molecular formula is C28H33FN4O3. The Kier molecular flexibility index (Phi) is 7.34. The Labute approximate surface area is 210 Å². The summed E-state index contributed by atoms with van der Waals surface area (Å²) in [6.45, 7) is 8.99. The summed E-state index contributed by atoms with van der Waals surface area (Å²) in [5, 5.41) is 1.00. The molecule has 8 heteroatoms. The molecule has 36 heavy (non-hydrogen) atoms. The van der Waals surface area contributed by atoms with E-state index in [1.54, 1.807) is 18.2 Å². The van der Waals surface area contributed by atoms with Crippen LogP contribution in [0.25, 0.3) is 11.0 Å². The number of hydrogen-bond acceptors (Lipinski definition) is 6. The van der Waals surface area contributed by atoms with Crippen LogP contribution in [-0.4, -0.2) is 79.5 Å². The van der Waals surface area contributed by atoms with E-state index in [1.807, 2.05) is 28.0 Å². The monoisotopic (exact) mass is 492 g/mol. The van der Waals surface area contributed by atoms with Gasteiger partial charge in [0.25, 0.3) is 0 Å². The number of benzene rings is 2. The van der Waals surface area contributed by atoms with E-state index in [0.29, 0.717) is 50.5 Å². The van der Waals surface area contributed by atoms with Crippen molar-refractivity contribution in [3.8, 4) is 0 Å². The Morgan fingerprint density at radius 3 is 2.36 bits per heavy atom. The van der Waals surface area contributed by atoms with Gasteiger partial charge in [-0.05, 0) is 41.8 Å². The average Bonchev–Trinajstić information content (AvgIpc) is 2.90. The van der Waals surface area contributed by atoms with E-state index >= 15 is 0 Å². The van der Waals surface area contributed by atoms with E-state index in [1.165, 1.54) is 11.6 Å². The van der Waals surface area contributed by atoms with Gasteiger partial charge in [-0.15, -0.1) is 0 Å². The molecule has 0 aliphatic carbocycles. The number of halogens is 1. The molecule has 0 bridgehead atoms. The van der Waals surface area contributed by atoms with Crippen molar-refractivity contribution in [2.75, 3.05) is 63.8 Å². The van der Waals surface area contributed by atoms with Crippen molar-refractivity contribution < 1.29 is 13.6 Å². The topological polar surface area (TPSA) is 60.2 Å². The fourth-order valence-corrected chi connectivity index (χ4v) is 5.17. The van der Waals surface area contributed by atoms with Gasteiger partial charge in [-0.3, -0.25) is 14.6 Å². The molecule has 1 amide bonds. The summed E-state index contributed by atoms with van der Waals surface area (Å²) in [5.41, 5.74) is 3.13. The molecule has 1 aromatic heterocycles. The predicted molar refractivity (Wildman–Crippen MR) is 139 cm³/mol. The second kappa shape index (κ2) is 10.8. The number of para-hydroxylation sites is 1. The molecule has 2 saturated heterocycles. The molecule has 0 radical (unpaired) electrons. The van der Waals surface area contributed by atoms with Crippen LogP contribution in [0.15, 0.2) is 57.7 Å². The van der Waals surface area contributed by atoms with Crippen molar-refractivity contribution in [2.24, 2.45) is 0 Å². The quantitative estimate of drug-likeness (QED) is 0.493. The molecule has 2 aliphatic rings. The number of carbonyl (C=O) groups excluding carboxylic acids is 1. The third-order valence-corrected chi connectivity index (χ3v) is 7.34. The van der Waals surface area contributed by atoms with Gasteiger partial charge in [0.15, 0.2) is 0 Å². The molecule has 2 aromatic carbocycles. The third kappa shape index (κ3) is 5.44. The van der Waals surface area contributed by atoms with E-state index in [0.717, 1.165) is 43.5 Å². The summed E-state index contributed by atoms with van der Waals surface area (Å²) in [7, 11) is 0. The van der Waals surface area contributed by atoms with Crippen LogP contribution < -0.4 is 10.5 Å². The minimum atomic E-state index is -0.318. The normalized spacial score (nSPS) is 17.6. The standard InChI is InChI=1S/C28H33FN4O3/c1-2-21-7-8-26-23(17-21)22(18-28(35)36-26)19-30-9-11-31(12-10-30)20-27(34)33-15-13-32(14-16-33)25-6-4-3-5-24(25)29/h3-8,17-18H,2,9-16,19-20H2,1H3. The van der Waals surface area contributed by atoms with Gasteiger partial charge in [0.2, 0.25) is 5.91 Å². The van der Waals surface area contributed by atoms with Crippen molar-refractivity contribution in [1.82, 2.24) is 14.7 Å². The predicted octanol–water partition coefficient (Wildman–Crippen LogP) is 2.96. The minimum Gasteiger partial charge on any atom is -0.423 e. The highest BCUT2D eigenvalue weighted by atomic mass is 19.1. The summed E-state index contributed by atoms with van der Waals surface area (Å²) in [4.78, 5) is 33.5. The summed E-state index contributed by atoms with van der Waals surface area (Å²) in [6.07, 6.45) is 0.930. The Bertz CT molecular complexity index is 1280. The lowest BCUT2D eigenvalue weighted by Gasteiger charge is -2.38. The Morgan fingerprint density at radius 1 is 0.917 bits per heavy atom. The van der Waals surface area contributed by atoms with E-state index in [2.05, 4.69) is 22.8 Å². The lowest BCUT2D eigenvalue weighted by Crippen LogP contribution is -2.53. The smallest absolute Gasteiger partial charge is 0.336 e. The molecule has 7 nitrogen and oxygen atoms in total. The highest BCUT2D eigenvalue weighted by Gasteiger charge is 2.26. The van der Waals surface area contributed by atoms with Gasteiger partial charge in [-0.25, -0.2) is 9.18 Å². The van der Waals surface area contributed by atoms with Crippen molar-refractivity contribution in [2.45, 2.75) is 19.9 Å². The molecule has 5 rings (SSSR count). The number of aryl methyl sites for hydroxylation is 1. The van der Waals surface area contributed by atoms with E-state index < -0.39 is 0 Å². The van der Waals surface area contributed by atoms with Crippen LogP contribution in [0.1, 0.15) is 18.1 Å². The largest absolute Gasteiger partial charge is 0.423 e.